The molecular formula is C30H20F34O2. The molecule has 0 aliphatic heterocycles. The van der Waals surface area contributed by atoms with Crippen LogP contribution >= 0.6 is 0 Å². The second kappa shape index (κ2) is 17.9. The van der Waals surface area contributed by atoms with Gasteiger partial charge in [0, 0.05) is 26.1 Å². The summed E-state index contributed by atoms with van der Waals surface area (Å²) in [7, 11) is 0. The first-order valence-corrected chi connectivity index (χ1v) is 16.3. The van der Waals surface area contributed by atoms with Crippen LogP contribution < -0.4 is 0 Å². The molecule has 0 atom stereocenters. The van der Waals surface area contributed by atoms with Crippen molar-refractivity contribution in [2.45, 2.75) is 134 Å². The van der Waals surface area contributed by atoms with E-state index >= 15 is 0 Å². The van der Waals surface area contributed by atoms with Crippen LogP contribution in [0.15, 0.2) is 24.3 Å². The maximum Gasteiger partial charge on any atom is 0.460 e. The van der Waals surface area contributed by atoms with Gasteiger partial charge in [-0.2, -0.15) is 149 Å². The van der Waals surface area contributed by atoms with E-state index in [1.54, 1.807) is 0 Å². The van der Waals surface area contributed by atoms with Crippen LogP contribution in [-0.2, 0) is 22.7 Å². The van der Waals surface area contributed by atoms with Crippen molar-refractivity contribution in [1.29, 1.82) is 0 Å². The van der Waals surface area contributed by atoms with Gasteiger partial charge in [0.05, 0.1) is 13.2 Å². The van der Waals surface area contributed by atoms with Crippen LogP contribution in [0.1, 0.15) is 36.8 Å². The van der Waals surface area contributed by atoms with Crippen LogP contribution in [0, 0.1) is 0 Å². The monoisotopic (exact) mass is 1060 g/mol. The lowest BCUT2D eigenvalue weighted by Crippen LogP contribution is -2.74. The molecule has 0 aliphatic carbocycles. The molecule has 0 aromatic heterocycles. The molecule has 0 spiro atoms. The molecule has 0 amide bonds. The summed E-state index contributed by atoms with van der Waals surface area (Å²) < 4.78 is 465. The highest BCUT2D eigenvalue weighted by atomic mass is 19.4. The third kappa shape index (κ3) is 9.42. The molecular weight excluding hydrogens is 1040 g/mol. The van der Waals surface area contributed by atoms with Crippen molar-refractivity contribution >= 4 is 0 Å². The summed E-state index contributed by atoms with van der Waals surface area (Å²) in [6.07, 6.45) is -25.2. The first-order chi connectivity index (χ1) is 28.7. The van der Waals surface area contributed by atoms with E-state index in [4.69, 9.17) is 0 Å². The summed E-state index contributed by atoms with van der Waals surface area (Å²) in [6, 6.07) is 3.91. The van der Waals surface area contributed by atoms with Gasteiger partial charge in [0.15, 0.2) is 0 Å². The molecule has 0 fully saturated rings. The van der Waals surface area contributed by atoms with Gasteiger partial charge in [-0.15, -0.1) is 0 Å². The van der Waals surface area contributed by atoms with Crippen LogP contribution in [0.25, 0.3) is 0 Å². The molecule has 36 heteroatoms. The maximum atomic E-state index is 14.1. The zero-order valence-electron chi connectivity index (χ0n) is 30.6. The molecule has 0 saturated heterocycles. The van der Waals surface area contributed by atoms with Gasteiger partial charge in [0.1, 0.15) is 0 Å². The van der Waals surface area contributed by atoms with Gasteiger partial charge in [-0.05, 0) is 24.0 Å². The van der Waals surface area contributed by atoms with Crippen LogP contribution in [-0.4, -0.2) is 108 Å². The van der Waals surface area contributed by atoms with Gasteiger partial charge >= 0.3 is 95.3 Å². The molecule has 0 bridgehead atoms. The molecule has 0 saturated carbocycles. The number of benzene rings is 1. The van der Waals surface area contributed by atoms with Crippen molar-refractivity contribution in [3.8, 4) is 0 Å². The SMILES string of the molecule is FC(F)(F)C(F)(F)C(F)(F)C(F)(F)C(F)(F)C(F)(F)C(F)(F)C(F)(F)CCCOCc1ccccc1COCCCC(F)(F)C(F)(F)C(F)(F)C(F)(F)C(F)(F)C(F)(F)C(F)(F)C(F)(F)F. The van der Waals surface area contributed by atoms with E-state index in [2.05, 4.69) is 9.47 Å². The molecule has 390 valence electrons. The van der Waals surface area contributed by atoms with E-state index in [0.717, 1.165) is 24.3 Å². The fourth-order valence-corrected chi connectivity index (χ4v) is 4.70. The molecule has 0 radical (unpaired) electrons. The summed E-state index contributed by atoms with van der Waals surface area (Å²) >= 11 is 0. The van der Waals surface area contributed by atoms with Gasteiger partial charge in [-0.3, -0.25) is 0 Å². The molecule has 0 unspecified atom stereocenters. The maximum absolute atomic E-state index is 14.1. The van der Waals surface area contributed by atoms with Crippen LogP contribution in [0.5, 0.6) is 0 Å². The summed E-state index contributed by atoms with van der Waals surface area (Å²) in [5, 5.41) is 0. The van der Waals surface area contributed by atoms with Crippen molar-refractivity contribution in [3.05, 3.63) is 35.4 Å². The fourth-order valence-electron chi connectivity index (χ4n) is 4.70. The zero-order valence-corrected chi connectivity index (χ0v) is 30.6. The predicted octanol–water partition coefficient (Wildman–Crippen LogP) is 14.3. The number of alkyl halides is 34. The molecule has 0 N–H and O–H groups in total. The van der Waals surface area contributed by atoms with E-state index in [-0.39, 0.29) is 11.1 Å². The molecule has 66 heavy (non-hydrogen) atoms. The summed E-state index contributed by atoms with van der Waals surface area (Å²) in [5.74, 6) is -116. The second-order valence-corrected chi connectivity index (χ2v) is 13.4. The van der Waals surface area contributed by atoms with E-state index in [0.29, 0.717) is 0 Å². The Morgan fingerprint density at radius 3 is 0.682 bits per heavy atom. The number of ether oxygens (including phenoxy) is 2. The minimum absolute atomic E-state index is 0.313. The molecule has 0 heterocycles. The molecule has 1 rings (SSSR count). The Hall–Kier alpha value is -3.24. The Kier molecular flexibility index (Phi) is 16.5. The predicted molar refractivity (Wildman–Crippen MR) is 146 cm³/mol. The lowest BCUT2D eigenvalue weighted by molar-refractivity contribution is -0.461. The van der Waals surface area contributed by atoms with Gasteiger partial charge < -0.3 is 9.47 Å². The highest BCUT2D eigenvalue weighted by Crippen LogP contribution is 2.66. The molecule has 1 aromatic rings. The number of halogens is 34. The first kappa shape index (κ1) is 60.8. The second-order valence-electron chi connectivity index (χ2n) is 13.4. The minimum Gasteiger partial charge on any atom is -0.377 e. The van der Waals surface area contributed by atoms with E-state index in [1.165, 1.54) is 0 Å². The zero-order chi connectivity index (χ0) is 53.1. The minimum atomic E-state index is -8.85. The third-order valence-electron chi connectivity index (χ3n) is 8.77. The number of hydrogen-bond donors (Lipinski definition) is 0. The standard InChI is InChI=1S/C30H20F34O2/c31-15(32,17(35,36)19(39,40)21(43,44)23(47,48)25(51,52)27(55,56)29(59,60)61)7-3-9-65-11-13-5-1-2-6-14(13)12-66-10-4-8-16(33,34)18(37,38)20(41,42)22(45,46)24(49,50)26(53,54)28(57,58)30(62,63)64/h1-2,5-6H,3-4,7-12H2. The van der Waals surface area contributed by atoms with E-state index < -0.39 is 147 Å². The first-order valence-electron chi connectivity index (χ1n) is 16.3. The molecule has 1 aromatic carbocycles. The largest absolute Gasteiger partial charge is 0.460 e. The van der Waals surface area contributed by atoms with E-state index in [1.807, 2.05) is 0 Å². The van der Waals surface area contributed by atoms with Gasteiger partial charge in [-0.25, -0.2) is 0 Å². The average molecular weight is 1060 g/mol. The van der Waals surface area contributed by atoms with E-state index in [9.17, 15) is 149 Å². The number of hydrogen-bond acceptors (Lipinski definition) is 2. The van der Waals surface area contributed by atoms with Gasteiger partial charge in [0.2, 0.25) is 0 Å². The Labute approximate surface area is 342 Å². The van der Waals surface area contributed by atoms with Crippen molar-refractivity contribution in [2.75, 3.05) is 13.2 Å². The van der Waals surface area contributed by atoms with Gasteiger partial charge in [-0.1, -0.05) is 24.3 Å². The van der Waals surface area contributed by atoms with Gasteiger partial charge in [0.25, 0.3) is 0 Å². The Balaban J connectivity index is 3.03. The molecule has 2 nitrogen and oxygen atoms in total. The Bertz CT molecular complexity index is 1650. The quantitative estimate of drug-likeness (QED) is 0.0759. The normalized spacial score (nSPS) is 16.0. The number of rotatable bonds is 24. The summed E-state index contributed by atoms with van der Waals surface area (Å²) in [5.41, 5.74) is -0.626. The topological polar surface area (TPSA) is 18.5 Å². The Morgan fingerprint density at radius 1 is 0.273 bits per heavy atom. The van der Waals surface area contributed by atoms with Crippen LogP contribution in [0.4, 0.5) is 149 Å². The lowest BCUT2D eigenvalue weighted by Gasteiger charge is -2.42. The van der Waals surface area contributed by atoms with Crippen molar-refractivity contribution < 1.29 is 159 Å². The highest BCUT2D eigenvalue weighted by molar-refractivity contribution is 5.26. The van der Waals surface area contributed by atoms with Crippen molar-refractivity contribution in [3.63, 3.8) is 0 Å². The van der Waals surface area contributed by atoms with Crippen LogP contribution in [0.3, 0.4) is 0 Å². The average Bonchev–Trinajstić information content (AvgIpc) is 3.13. The third-order valence-corrected chi connectivity index (χ3v) is 8.77. The summed E-state index contributed by atoms with van der Waals surface area (Å²) in [4.78, 5) is 0. The smallest absolute Gasteiger partial charge is 0.377 e. The van der Waals surface area contributed by atoms with Crippen molar-refractivity contribution in [1.82, 2.24) is 0 Å². The summed E-state index contributed by atoms with van der Waals surface area (Å²) in [6.45, 7) is -4.88. The lowest BCUT2D eigenvalue weighted by atomic mass is 9.88. The molecule has 0 aliphatic rings. The highest BCUT2D eigenvalue weighted by Gasteiger charge is 2.96. The van der Waals surface area contributed by atoms with Crippen LogP contribution in [0.2, 0.25) is 0 Å². The fraction of sp³-hybridized carbons (Fsp3) is 0.800. The van der Waals surface area contributed by atoms with Crippen molar-refractivity contribution in [2.24, 2.45) is 0 Å². The Morgan fingerprint density at radius 2 is 0.470 bits per heavy atom.